The lowest BCUT2D eigenvalue weighted by Gasteiger charge is -2.22. The Labute approximate surface area is 143 Å². The molecule has 0 aliphatic rings. The van der Waals surface area contributed by atoms with Gasteiger partial charge in [0.2, 0.25) is 0 Å². The van der Waals surface area contributed by atoms with Crippen LogP contribution in [-0.2, 0) is 9.47 Å². The van der Waals surface area contributed by atoms with Gasteiger partial charge in [0.1, 0.15) is 0 Å². The molecule has 25 heavy (non-hydrogen) atoms. The van der Waals surface area contributed by atoms with E-state index in [1.807, 2.05) is 5.43 Å². The first-order chi connectivity index (χ1) is 11.6. The second kappa shape index (κ2) is 8.62. The van der Waals surface area contributed by atoms with Crippen LogP contribution in [0.15, 0.2) is 24.3 Å². The molecule has 0 radical (unpaired) electrons. The summed E-state index contributed by atoms with van der Waals surface area (Å²) in [5, 5.41) is 11.0. The van der Waals surface area contributed by atoms with Crippen molar-refractivity contribution in [2.45, 2.75) is 39.9 Å². The Hall–Kier alpha value is -3.17. The van der Waals surface area contributed by atoms with Crippen LogP contribution >= 0.6 is 0 Å². The Morgan fingerprint density at radius 2 is 1.56 bits per heavy atom. The number of nitrogens with one attached hydrogen (secondary N) is 1. The van der Waals surface area contributed by atoms with E-state index < -0.39 is 35.2 Å². The fourth-order valence-electron chi connectivity index (χ4n) is 1.62. The van der Waals surface area contributed by atoms with Crippen molar-refractivity contribution in [1.29, 1.82) is 0 Å². The molecule has 0 saturated heterocycles. The highest BCUT2D eigenvalue weighted by molar-refractivity contribution is 6.03. The molecule has 1 aromatic carbocycles. The number of hydrogen-bond acceptors (Lipinski definition) is 7. The minimum Gasteiger partial charge on any atom is -0.446 e. The predicted molar refractivity (Wildman–Crippen MR) is 85.6 cm³/mol. The Kier molecular flexibility index (Phi) is 6.85. The first-order valence-corrected chi connectivity index (χ1v) is 7.38. The third-order valence-corrected chi connectivity index (χ3v) is 2.59. The number of amides is 3. The average Bonchev–Trinajstić information content (AvgIpc) is 2.50. The number of nitrogens with zero attached hydrogens (tertiary/aromatic N) is 2. The summed E-state index contributed by atoms with van der Waals surface area (Å²) in [6.45, 7) is 6.32. The summed E-state index contributed by atoms with van der Waals surface area (Å²) in [7, 11) is 0. The van der Waals surface area contributed by atoms with Crippen LogP contribution in [0.4, 0.5) is 15.3 Å². The second-order valence-corrected chi connectivity index (χ2v) is 5.44. The third-order valence-electron chi connectivity index (χ3n) is 2.59. The standard InChI is InChI=1S/C15H19N3O7/c1-9(2)24-14(20)16-17(15(21)25-10(3)4)13(19)11-5-7-12(8-6-11)18(22)23/h5-10H,1-4H3,(H,16,20). The molecule has 1 N–H and O–H groups in total. The van der Waals surface area contributed by atoms with Gasteiger partial charge in [0.05, 0.1) is 17.1 Å². The molecular formula is C15H19N3O7. The first-order valence-electron chi connectivity index (χ1n) is 7.38. The Morgan fingerprint density at radius 3 is 2.00 bits per heavy atom. The molecule has 136 valence electrons. The minimum atomic E-state index is -1.11. The Morgan fingerprint density at radius 1 is 1.04 bits per heavy atom. The molecule has 0 bridgehead atoms. The molecule has 1 aromatic rings. The van der Waals surface area contributed by atoms with Crippen molar-refractivity contribution in [3.63, 3.8) is 0 Å². The second-order valence-electron chi connectivity index (χ2n) is 5.44. The number of carbonyl (C=O) groups excluding carboxylic acids is 3. The van der Waals surface area contributed by atoms with Crippen LogP contribution in [0.2, 0.25) is 0 Å². The summed E-state index contributed by atoms with van der Waals surface area (Å²) < 4.78 is 9.74. The molecule has 0 aliphatic carbocycles. The van der Waals surface area contributed by atoms with Crippen molar-refractivity contribution in [2.24, 2.45) is 0 Å². The van der Waals surface area contributed by atoms with Crippen molar-refractivity contribution in [3.8, 4) is 0 Å². The molecule has 1 rings (SSSR count). The summed E-state index contributed by atoms with van der Waals surface area (Å²) in [5.74, 6) is -0.929. The molecule has 0 saturated carbocycles. The number of hydrogen-bond donors (Lipinski definition) is 1. The number of hydrazine groups is 1. The van der Waals surface area contributed by atoms with Crippen molar-refractivity contribution >= 4 is 23.8 Å². The zero-order chi connectivity index (χ0) is 19.1. The van der Waals surface area contributed by atoms with Gasteiger partial charge in [0.15, 0.2) is 0 Å². The van der Waals surface area contributed by atoms with Crippen molar-refractivity contribution in [3.05, 3.63) is 39.9 Å². The maximum absolute atomic E-state index is 12.5. The molecule has 10 nitrogen and oxygen atoms in total. The van der Waals surface area contributed by atoms with E-state index in [1.54, 1.807) is 27.7 Å². The maximum atomic E-state index is 12.5. The van der Waals surface area contributed by atoms with Gasteiger partial charge in [-0.1, -0.05) is 0 Å². The van der Waals surface area contributed by atoms with Crippen LogP contribution in [-0.4, -0.2) is 40.2 Å². The van der Waals surface area contributed by atoms with E-state index in [4.69, 9.17) is 9.47 Å². The number of non-ortho nitro benzene ring substituents is 1. The van der Waals surface area contributed by atoms with Gasteiger partial charge in [-0.05, 0) is 39.8 Å². The number of ether oxygens (including phenoxy) is 2. The molecule has 0 fully saturated rings. The highest BCUT2D eigenvalue weighted by Gasteiger charge is 2.28. The maximum Gasteiger partial charge on any atom is 0.436 e. The van der Waals surface area contributed by atoms with Gasteiger partial charge in [-0.25, -0.2) is 15.0 Å². The lowest BCUT2D eigenvalue weighted by Crippen LogP contribution is -2.51. The van der Waals surface area contributed by atoms with Crippen LogP contribution in [0.5, 0.6) is 0 Å². The summed E-state index contributed by atoms with van der Waals surface area (Å²) >= 11 is 0. The van der Waals surface area contributed by atoms with Gasteiger partial charge in [-0.3, -0.25) is 14.9 Å². The quantitative estimate of drug-likeness (QED) is 0.651. The summed E-state index contributed by atoms with van der Waals surface area (Å²) in [5.41, 5.74) is 1.72. The molecule has 3 amide bonds. The SMILES string of the molecule is CC(C)OC(=O)NN(C(=O)OC(C)C)C(=O)c1ccc([N+](=O)[O-])cc1. The lowest BCUT2D eigenvalue weighted by molar-refractivity contribution is -0.384. The molecular weight excluding hydrogens is 334 g/mol. The van der Waals surface area contributed by atoms with Crippen molar-refractivity contribution in [2.75, 3.05) is 0 Å². The highest BCUT2D eigenvalue weighted by atomic mass is 16.6. The molecule has 0 atom stereocenters. The Bertz CT molecular complexity index is 656. The smallest absolute Gasteiger partial charge is 0.436 e. The van der Waals surface area contributed by atoms with Gasteiger partial charge >= 0.3 is 12.2 Å². The molecule has 0 spiro atoms. The third kappa shape index (κ3) is 6.09. The topological polar surface area (TPSA) is 128 Å². The summed E-state index contributed by atoms with van der Waals surface area (Å²) in [6, 6.07) is 4.52. The van der Waals surface area contributed by atoms with E-state index in [9.17, 15) is 24.5 Å². The van der Waals surface area contributed by atoms with Crippen LogP contribution in [0.25, 0.3) is 0 Å². The van der Waals surface area contributed by atoms with E-state index in [0.717, 1.165) is 24.3 Å². The van der Waals surface area contributed by atoms with E-state index >= 15 is 0 Å². The number of carbonyl (C=O) groups is 3. The number of nitro benzene ring substituents is 1. The highest BCUT2D eigenvalue weighted by Crippen LogP contribution is 2.14. The molecule has 0 aromatic heterocycles. The normalized spacial score (nSPS) is 10.3. The first kappa shape index (κ1) is 19.9. The molecule has 0 aliphatic heterocycles. The molecule has 10 heteroatoms. The van der Waals surface area contributed by atoms with E-state index in [1.165, 1.54) is 0 Å². The molecule has 0 unspecified atom stereocenters. The van der Waals surface area contributed by atoms with Gasteiger partial charge in [0.25, 0.3) is 11.6 Å². The largest absolute Gasteiger partial charge is 0.446 e. The van der Waals surface area contributed by atoms with Crippen LogP contribution < -0.4 is 5.43 Å². The van der Waals surface area contributed by atoms with Crippen LogP contribution in [0.1, 0.15) is 38.1 Å². The van der Waals surface area contributed by atoms with Gasteiger partial charge in [-0.15, -0.1) is 5.01 Å². The monoisotopic (exact) mass is 353 g/mol. The molecule has 0 heterocycles. The van der Waals surface area contributed by atoms with E-state index in [-0.39, 0.29) is 11.3 Å². The fourth-order valence-corrected chi connectivity index (χ4v) is 1.62. The van der Waals surface area contributed by atoms with Crippen LogP contribution in [0.3, 0.4) is 0 Å². The number of nitro groups is 1. The minimum absolute atomic E-state index is 0.0591. The van der Waals surface area contributed by atoms with Crippen molar-refractivity contribution < 1.29 is 28.8 Å². The van der Waals surface area contributed by atoms with E-state index in [0.29, 0.717) is 5.01 Å². The van der Waals surface area contributed by atoms with Crippen molar-refractivity contribution in [1.82, 2.24) is 10.4 Å². The lowest BCUT2D eigenvalue weighted by atomic mass is 10.2. The van der Waals surface area contributed by atoms with Crippen LogP contribution in [0, 0.1) is 10.1 Å². The van der Waals surface area contributed by atoms with Gasteiger partial charge in [0, 0.05) is 17.7 Å². The average molecular weight is 353 g/mol. The van der Waals surface area contributed by atoms with Gasteiger partial charge < -0.3 is 9.47 Å². The number of rotatable bonds is 4. The number of imide groups is 1. The zero-order valence-corrected chi connectivity index (χ0v) is 14.2. The predicted octanol–water partition coefficient (Wildman–Crippen LogP) is 2.63. The summed E-state index contributed by atoms with van der Waals surface area (Å²) in [4.78, 5) is 46.3. The zero-order valence-electron chi connectivity index (χ0n) is 14.2. The van der Waals surface area contributed by atoms with Gasteiger partial charge in [-0.2, -0.15) is 0 Å². The van der Waals surface area contributed by atoms with E-state index in [2.05, 4.69) is 0 Å². The summed E-state index contributed by atoms with van der Waals surface area (Å²) in [6.07, 6.45) is -3.15. The number of benzene rings is 1. The Balaban J connectivity index is 3.03. The fraction of sp³-hybridized carbons (Fsp3) is 0.400.